The van der Waals surface area contributed by atoms with E-state index in [4.69, 9.17) is 27.2 Å². The molecule has 5 rings (SSSR count). The van der Waals surface area contributed by atoms with Crippen molar-refractivity contribution in [1.82, 2.24) is 9.88 Å². The van der Waals surface area contributed by atoms with Gasteiger partial charge in [-0.25, -0.2) is 0 Å². The molecule has 5 N–H and O–H groups in total. The first-order chi connectivity index (χ1) is 18.7. The highest BCUT2D eigenvalue weighted by Gasteiger charge is 2.26. The highest BCUT2D eigenvalue weighted by molar-refractivity contribution is 6.31. The molecule has 0 radical (unpaired) electrons. The Hall–Kier alpha value is -3.92. The summed E-state index contributed by atoms with van der Waals surface area (Å²) in [7, 11) is 0. The number of benzene rings is 3. The van der Waals surface area contributed by atoms with Crippen molar-refractivity contribution in [1.29, 1.82) is 0 Å². The fourth-order valence-electron chi connectivity index (χ4n) is 4.70. The van der Waals surface area contributed by atoms with Crippen molar-refractivity contribution < 1.29 is 29.3 Å². The number of Topliss-reactive ketones (excluding diaryl/α,β-unsaturated/α-hetero) is 1. The lowest BCUT2D eigenvalue weighted by Gasteiger charge is -2.13. The van der Waals surface area contributed by atoms with Gasteiger partial charge in [0.2, 0.25) is 5.78 Å². The third kappa shape index (κ3) is 5.75. The second kappa shape index (κ2) is 11.1. The molecule has 39 heavy (non-hydrogen) atoms. The zero-order valence-corrected chi connectivity index (χ0v) is 21.8. The number of carbonyl (C=O) groups is 3. The Kier molecular flexibility index (Phi) is 7.56. The molecule has 10 heteroatoms. The molecule has 1 heterocycles. The van der Waals surface area contributed by atoms with Crippen LogP contribution in [0.1, 0.15) is 45.0 Å². The van der Waals surface area contributed by atoms with Gasteiger partial charge in [-0.1, -0.05) is 29.8 Å². The van der Waals surface area contributed by atoms with Crippen LogP contribution in [0.5, 0.6) is 5.75 Å². The zero-order valence-electron chi connectivity index (χ0n) is 21.0. The topological polar surface area (TPSA) is 144 Å². The number of nitrogens with zero attached hydrogens (tertiary/aromatic N) is 1. The third-order valence-electron chi connectivity index (χ3n) is 6.86. The van der Waals surface area contributed by atoms with Gasteiger partial charge in [-0.05, 0) is 65.4 Å². The minimum Gasteiger partial charge on any atom is -0.485 e. The standard InChI is InChI=1S/C29H28ClN3O6/c30-20-5-3-18-12-27(22(28(31)37)10-19(18)9-20)39-15-26(36)23-13-33(14-25(35)29(38)32-7-8-34)24-11-17(16-1-2-16)4-6-21(23)24/h3-6,9-13,16,25,34-35H,1-2,7-8,14-15H2,(H2,31,37)(H,32,38). The number of hydrogen-bond donors (Lipinski definition) is 4. The van der Waals surface area contributed by atoms with Crippen LogP contribution in [0.2, 0.25) is 5.02 Å². The lowest BCUT2D eigenvalue weighted by molar-refractivity contribution is -0.130. The van der Waals surface area contributed by atoms with E-state index in [-0.39, 0.29) is 43.4 Å². The van der Waals surface area contributed by atoms with Gasteiger partial charge in [0.15, 0.2) is 12.7 Å². The number of nitrogens with one attached hydrogen (secondary N) is 1. The molecular formula is C29H28ClN3O6. The minimum absolute atomic E-state index is 0.0321. The van der Waals surface area contributed by atoms with E-state index in [0.29, 0.717) is 27.3 Å². The first-order valence-corrected chi connectivity index (χ1v) is 13.0. The minimum atomic E-state index is -1.37. The summed E-state index contributed by atoms with van der Waals surface area (Å²) in [6.45, 7) is -0.640. The Morgan fingerprint density at radius 3 is 2.59 bits per heavy atom. The lowest BCUT2D eigenvalue weighted by atomic mass is 10.0. The van der Waals surface area contributed by atoms with Gasteiger partial charge in [0.1, 0.15) is 5.75 Å². The van der Waals surface area contributed by atoms with E-state index in [1.54, 1.807) is 41.1 Å². The highest BCUT2D eigenvalue weighted by atomic mass is 35.5. The monoisotopic (exact) mass is 549 g/mol. The van der Waals surface area contributed by atoms with Crippen LogP contribution in [0.3, 0.4) is 0 Å². The number of hydrogen-bond acceptors (Lipinski definition) is 6. The number of rotatable bonds is 11. The molecule has 0 saturated heterocycles. The number of halogens is 1. The molecule has 1 saturated carbocycles. The van der Waals surface area contributed by atoms with Crippen molar-refractivity contribution in [2.75, 3.05) is 19.8 Å². The van der Waals surface area contributed by atoms with Crippen molar-refractivity contribution in [3.8, 4) is 5.75 Å². The van der Waals surface area contributed by atoms with Crippen molar-refractivity contribution in [2.24, 2.45) is 5.73 Å². The Morgan fingerprint density at radius 2 is 1.87 bits per heavy atom. The first kappa shape index (κ1) is 26.7. The van der Waals surface area contributed by atoms with Crippen LogP contribution in [0.4, 0.5) is 0 Å². The molecule has 3 aromatic carbocycles. The fourth-order valence-corrected chi connectivity index (χ4v) is 4.88. The average Bonchev–Trinajstić information content (AvgIpc) is 3.72. The zero-order chi connectivity index (χ0) is 27.7. The van der Waals surface area contributed by atoms with Crippen molar-refractivity contribution in [2.45, 2.75) is 31.4 Å². The van der Waals surface area contributed by atoms with E-state index in [2.05, 4.69) is 5.32 Å². The predicted octanol–water partition coefficient (Wildman–Crippen LogP) is 3.16. The van der Waals surface area contributed by atoms with Gasteiger partial charge >= 0.3 is 0 Å². The quantitative estimate of drug-likeness (QED) is 0.212. The van der Waals surface area contributed by atoms with Crippen molar-refractivity contribution in [3.05, 3.63) is 76.4 Å². The molecule has 1 fully saturated rings. The summed E-state index contributed by atoms with van der Waals surface area (Å²) < 4.78 is 7.50. The smallest absolute Gasteiger partial charge is 0.252 e. The maximum atomic E-state index is 13.4. The molecule has 0 aliphatic heterocycles. The fraction of sp³-hybridized carbons (Fsp3) is 0.276. The lowest BCUT2D eigenvalue weighted by Crippen LogP contribution is -2.38. The Morgan fingerprint density at radius 1 is 1.08 bits per heavy atom. The van der Waals surface area contributed by atoms with E-state index in [0.717, 1.165) is 29.3 Å². The van der Waals surface area contributed by atoms with Gasteiger partial charge in [-0.3, -0.25) is 14.4 Å². The van der Waals surface area contributed by atoms with Crippen LogP contribution in [0.15, 0.2) is 54.7 Å². The van der Waals surface area contributed by atoms with E-state index in [1.165, 1.54) is 0 Å². The normalized spacial score (nSPS) is 13.9. The maximum Gasteiger partial charge on any atom is 0.252 e. The summed E-state index contributed by atoms with van der Waals surface area (Å²) in [5.41, 5.74) is 7.93. The van der Waals surface area contributed by atoms with Gasteiger partial charge < -0.3 is 30.6 Å². The largest absolute Gasteiger partial charge is 0.485 e. The Labute approximate surface area is 229 Å². The van der Waals surface area contributed by atoms with Gasteiger partial charge in [0.05, 0.1) is 18.7 Å². The number of fused-ring (bicyclic) bond motifs is 2. The summed E-state index contributed by atoms with van der Waals surface area (Å²) in [5.74, 6) is -1.01. The van der Waals surface area contributed by atoms with Crippen LogP contribution in [-0.2, 0) is 11.3 Å². The molecule has 0 bridgehead atoms. The van der Waals surface area contributed by atoms with E-state index >= 15 is 0 Å². The number of ether oxygens (including phenoxy) is 1. The summed E-state index contributed by atoms with van der Waals surface area (Å²) >= 11 is 6.07. The predicted molar refractivity (Wildman–Crippen MR) is 147 cm³/mol. The van der Waals surface area contributed by atoms with Gasteiger partial charge in [0.25, 0.3) is 11.8 Å². The first-order valence-electron chi connectivity index (χ1n) is 12.6. The van der Waals surface area contributed by atoms with Gasteiger partial charge in [0, 0.05) is 34.2 Å². The molecular weight excluding hydrogens is 522 g/mol. The molecule has 9 nitrogen and oxygen atoms in total. The summed E-state index contributed by atoms with van der Waals surface area (Å²) in [6, 6.07) is 14.3. The van der Waals surface area contributed by atoms with Crippen molar-refractivity contribution >= 4 is 50.9 Å². The van der Waals surface area contributed by atoms with Crippen LogP contribution in [0, 0.1) is 0 Å². The molecule has 1 atom stereocenters. The summed E-state index contributed by atoms with van der Waals surface area (Å²) in [6.07, 6.45) is 2.42. The second-order valence-electron chi connectivity index (χ2n) is 9.69. The molecule has 1 aromatic heterocycles. The van der Waals surface area contributed by atoms with Crippen LogP contribution in [-0.4, -0.2) is 58.2 Å². The molecule has 1 unspecified atom stereocenters. The summed E-state index contributed by atoms with van der Waals surface area (Å²) in [4.78, 5) is 37.7. The Balaban J connectivity index is 1.43. The molecule has 1 aliphatic carbocycles. The highest BCUT2D eigenvalue weighted by Crippen LogP contribution is 2.41. The number of aliphatic hydroxyl groups excluding tert-OH is 2. The van der Waals surface area contributed by atoms with Crippen LogP contribution in [0.25, 0.3) is 21.7 Å². The maximum absolute atomic E-state index is 13.4. The number of aliphatic hydroxyl groups is 2. The summed E-state index contributed by atoms with van der Waals surface area (Å²) in [5, 5.41) is 24.5. The molecule has 202 valence electrons. The van der Waals surface area contributed by atoms with E-state index < -0.39 is 17.9 Å². The number of aromatic nitrogens is 1. The van der Waals surface area contributed by atoms with E-state index in [1.807, 2.05) is 18.2 Å². The van der Waals surface area contributed by atoms with Crippen LogP contribution >= 0.6 is 11.6 Å². The molecule has 2 amide bonds. The third-order valence-corrected chi connectivity index (χ3v) is 7.10. The van der Waals surface area contributed by atoms with Gasteiger partial charge in [-0.2, -0.15) is 0 Å². The van der Waals surface area contributed by atoms with E-state index in [9.17, 15) is 19.5 Å². The van der Waals surface area contributed by atoms with Crippen molar-refractivity contribution in [3.63, 3.8) is 0 Å². The molecule has 1 aliphatic rings. The molecule has 0 spiro atoms. The number of amides is 2. The Bertz CT molecular complexity index is 1590. The number of ketones is 1. The van der Waals surface area contributed by atoms with Crippen LogP contribution < -0.4 is 15.8 Å². The number of nitrogens with two attached hydrogens (primary N) is 1. The average molecular weight is 550 g/mol. The number of carbonyl (C=O) groups excluding carboxylic acids is 3. The second-order valence-corrected chi connectivity index (χ2v) is 10.1. The van der Waals surface area contributed by atoms with Gasteiger partial charge in [-0.15, -0.1) is 0 Å². The molecule has 4 aromatic rings. The number of primary amides is 1. The SMILES string of the molecule is NC(=O)c1cc2cc(Cl)ccc2cc1OCC(=O)c1cn(CC(O)C(=O)NCCO)c2cc(C3CC3)ccc12.